The molecule has 2 fully saturated rings. The lowest BCUT2D eigenvalue weighted by Gasteiger charge is -2.34. The number of carboxylic acids is 1. The summed E-state index contributed by atoms with van der Waals surface area (Å²) in [5.41, 5.74) is 3.45. The molecule has 5 atom stereocenters. The molecule has 1 aliphatic carbocycles. The second-order valence-corrected chi connectivity index (χ2v) is 11.8. The summed E-state index contributed by atoms with van der Waals surface area (Å²) in [6, 6.07) is 14.6. The van der Waals surface area contributed by atoms with Crippen molar-refractivity contribution in [3.05, 3.63) is 70.8 Å². The van der Waals surface area contributed by atoms with Crippen molar-refractivity contribution in [2.45, 2.75) is 76.6 Å². The molecule has 4 rings (SSSR count). The molecule has 38 heavy (non-hydrogen) atoms. The molecule has 3 unspecified atom stereocenters. The molecule has 0 radical (unpaired) electrons. The number of likely N-dealkylation sites (tertiary alicyclic amines) is 1. The molecular weight excluding hydrogens is 506 g/mol. The van der Waals surface area contributed by atoms with Crippen LogP contribution in [0.4, 0.5) is 0 Å². The lowest BCUT2D eigenvalue weighted by molar-refractivity contribution is -0.126. The number of carbonyl (C=O) groups is 2. The van der Waals surface area contributed by atoms with Gasteiger partial charge >= 0.3 is 16.3 Å². The Bertz CT molecular complexity index is 1250. The van der Waals surface area contributed by atoms with E-state index in [2.05, 4.69) is 41.4 Å². The first-order chi connectivity index (χ1) is 18.0. The van der Waals surface area contributed by atoms with Crippen molar-refractivity contribution in [3.8, 4) is 0 Å². The van der Waals surface area contributed by atoms with Crippen LogP contribution in [0.2, 0.25) is 0 Å². The first-order valence-corrected chi connectivity index (χ1v) is 14.6. The van der Waals surface area contributed by atoms with E-state index in [-0.39, 0.29) is 35.6 Å². The van der Waals surface area contributed by atoms with Crippen molar-refractivity contribution in [2.24, 2.45) is 11.1 Å². The van der Waals surface area contributed by atoms with Crippen LogP contribution in [0.1, 0.15) is 85.0 Å². The molecule has 206 valence electrons. The highest BCUT2D eigenvalue weighted by Crippen LogP contribution is 2.39. The number of nitrogens with zero attached hydrogens (tertiary/aromatic N) is 1. The molecule has 1 amide bonds. The molecule has 4 N–H and O–H groups in total. The van der Waals surface area contributed by atoms with Crippen LogP contribution in [0.25, 0.3) is 0 Å². The molecule has 0 aromatic heterocycles. The Labute approximate surface area is 224 Å². The van der Waals surface area contributed by atoms with Crippen molar-refractivity contribution >= 4 is 22.2 Å². The summed E-state index contributed by atoms with van der Waals surface area (Å²) in [6.45, 7) is 5.54. The number of rotatable bonds is 9. The molecule has 2 aromatic carbocycles. The van der Waals surface area contributed by atoms with Gasteiger partial charge in [0.2, 0.25) is 5.91 Å². The largest absolute Gasteiger partial charge is 0.478 e. The smallest absolute Gasteiger partial charge is 0.335 e. The van der Waals surface area contributed by atoms with E-state index >= 15 is 0 Å². The monoisotopic (exact) mass is 543 g/mol. The van der Waals surface area contributed by atoms with Crippen LogP contribution in [0, 0.1) is 5.92 Å². The number of carboxylic acid groups (broad SMARTS) is 1. The molecule has 0 bridgehead atoms. The second kappa shape index (κ2) is 11.9. The first-order valence-electron chi connectivity index (χ1n) is 13.2. The predicted molar refractivity (Wildman–Crippen MR) is 144 cm³/mol. The van der Waals surface area contributed by atoms with Gasteiger partial charge in [0.25, 0.3) is 0 Å². The summed E-state index contributed by atoms with van der Waals surface area (Å²) in [5, 5.41) is 17.3. The van der Waals surface area contributed by atoms with Crippen LogP contribution in [-0.4, -0.2) is 49.0 Å². The van der Waals surface area contributed by atoms with Crippen molar-refractivity contribution < 1.29 is 27.3 Å². The van der Waals surface area contributed by atoms with E-state index in [0.29, 0.717) is 25.3 Å². The Balaban J connectivity index is 1.36. The van der Waals surface area contributed by atoms with Gasteiger partial charge in [0.15, 0.2) is 0 Å². The summed E-state index contributed by atoms with van der Waals surface area (Å²) in [7, 11) is -3.95. The fourth-order valence-corrected chi connectivity index (χ4v) is 6.45. The summed E-state index contributed by atoms with van der Waals surface area (Å²) < 4.78 is 27.7. The molecule has 2 aromatic rings. The maximum Gasteiger partial charge on any atom is 0.335 e. The number of hydrogen-bond donors (Lipinski definition) is 3. The molecule has 2 aliphatic rings. The van der Waals surface area contributed by atoms with Crippen molar-refractivity contribution in [3.63, 3.8) is 0 Å². The third-order valence-electron chi connectivity index (χ3n) is 7.84. The maximum absolute atomic E-state index is 13.2. The van der Waals surface area contributed by atoms with Crippen LogP contribution in [-0.2, 0) is 25.8 Å². The van der Waals surface area contributed by atoms with Gasteiger partial charge in [-0.15, -0.1) is 0 Å². The number of amides is 1. The number of carbonyl (C=O) groups excluding carboxylic acids is 1. The van der Waals surface area contributed by atoms with Crippen molar-refractivity contribution in [2.75, 3.05) is 6.54 Å². The number of nitrogens with two attached hydrogens (primary N) is 1. The predicted octanol–water partition coefficient (Wildman–Crippen LogP) is 3.72. The van der Waals surface area contributed by atoms with Gasteiger partial charge in [0, 0.05) is 6.54 Å². The number of benzene rings is 2. The zero-order valence-corrected chi connectivity index (χ0v) is 22.7. The molecule has 1 aliphatic heterocycles. The quantitative estimate of drug-likeness (QED) is 0.438. The second-order valence-electron chi connectivity index (χ2n) is 10.6. The molecule has 1 saturated carbocycles. The standard InChI is InChI=1S/C28H37N3O6S/c1-18-15-24(37-38(29,35)36)12-13-25(18)23-6-3-5-20(16-23)17-31-14-4-7-26(31)27(32)30-19(2)21-8-10-22(11-9-21)28(33)34/h3,5-6,8-11,16,18-19,24-26H,4,7,12-15,17H2,1-2H3,(H,30,32)(H,33,34)(H2,29,35,36)/t18?,19-,24?,25?,26+/m0/s1. The SMILES string of the molecule is CC1CC(OS(N)(=O)=O)CCC1c1cccc(CN2CCC[C@@H]2C(=O)N[C@@H](C)c2ccc(C(=O)O)cc2)c1. The van der Waals surface area contributed by atoms with Crippen LogP contribution >= 0.6 is 0 Å². The van der Waals surface area contributed by atoms with Gasteiger partial charge in [0.1, 0.15) is 0 Å². The average Bonchev–Trinajstić information content (AvgIpc) is 3.31. The minimum atomic E-state index is -3.95. The minimum absolute atomic E-state index is 0.0183. The third kappa shape index (κ3) is 7.19. The highest BCUT2D eigenvalue weighted by atomic mass is 32.2. The van der Waals surface area contributed by atoms with E-state index in [1.165, 1.54) is 5.56 Å². The average molecular weight is 544 g/mol. The highest BCUT2D eigenvalue weighted by molar-refractivity contribution is 7.84. The van der Waals surface area contributed by atoms with E-state index in [4.69, 9.17) is 14.4 Å². The lowest BCUT2D eigenvalue weighted by Crippen LogP contribution is -2.43. The van der Waals surface area contributed by atoms with Gasteiger partial charge in [-0.05, 0) is 86.2 Å². The maximum atomic E-state index is 13.2. The topological polar surface area (TPSA) is 139 Å². The van der Waals surface area contributed by atoms with E-state index in [0.717, 1.165) is 36.9 Å². The summed E-state index contributed by atoms with van der Waals surface area (Å²) in [5.74, 6) is -0.434. The fourth-order valence-electron chi connectivity index (χ4n) is 5.90. The van der Waals surface area contributed by atoms with Gasteiger partial charge in [-0.3, -0.25) is 13.9 Å². The van der Waals surface area contributed by atoms with Crippen molar-refractivity contribution in [1.82, 2.24) is 10.2 Å². The fraction of sp³-hybridized carbons (Fsp3) is 0.500. The van der Waals surface area contributed by atoms with Gasteiger partial charge in [0.05, 0.1) is 23.8 Å². The summed E-state index contributed by atoms with van der Waals surface area (Å²) in [6.07, 6.45) is 3.47. The van der Waals surface area contributed by atoms with E-state index in [1.54, 1.807) is 24.3 Å². The first kappa shape index (κ1) is 28.2. The Morgan fingerprint density at radius 3 is 2.55 bits per heavy atom. The number of aromatic carboxylic acids is 1. The Morgan fingerprint density at radius 2 is 1.89 bits per heavy atom. The lowest BCUT2D eigenvalue weighted by atomic mass is 9.75. The van der Waals surface area contributed by atoms with Gasteiger partial charge < -0.3 is 10.4 Å². The molecule has 0 spiro atoms. The van der Waals surface area contributed by atoms with Gasteiger partial charge in [-0.25, -0.2) is 9.93 Å². The summed E-state index contributed by atoms with van der Waals surface area (Å²) >= 11 is 0. The van der Waals surface area contributed by atoms with Gasteiger partial charge in [-0.1, -0.05) is 43.3 Å². The van der Waals surface area contributed by atoms with Crippen LogP contribution < -0.4 is 10.5 Å². The normalized spacial score (nSPS) is 25.1. The molecule has 10 heteroatoms. The zero-order chi connectivity index (χ0) is 27.4. The highest BCUT2D eigenvalue weighted by Gasteiger charge is 2.33. The van der Waals surface area contributed by atoms with Gasteiger partial charge in [-0.2, -0.15) is 8.42 Å². The van der Waals surface area contributed by atoms with Crippen LogP contribution in [0.3, 0.4) is 0 Å². The zero-order valence-electron chi connectivity index (χ0n) is 21.9. The number of hydrogen-bond acceptors (Lipinski definition) is 6. The van der Waals surface area contributed by atoms with E-state index in [9.17, 15) is 18.0 Å². The van der Waals surface area contributed by atoms with E-state index < -0.39 is 16.3 Å². The third-order valence-corrected chi connectivity index (χ3v) is 8.38. The molecule has 1 heterocycles. The number of nitrogens with one attached hydrogen (secondary N) is 1. The molecular formula is C28H37N3O6S. The van der Waals surface area contributed by atoms with E-state index in [1.807, 2.05) is 6.92 Å². The molecule has 9 nitrogen and oxygen atoms in total. The Morgan fingerprint density at radius 1 is 1.16 bits per heavy atom. The van der Waals surface area contributed by atoms with Crippen LogP contribution in [0.5, 0.6) is 0 Å². The van der Waals surface area contributed by atoms with Crippen LogP contribution in [0.15, 0.2) is 48.5 Å². The minimum Gasteiger partial charge on any atom is -0.478 e. The summed E-state index contributed by atoms with van der Waals surface area (Å²) in [4.78, 5) is 26.5. The van der Waals surface area contributed by atoms with Crippen molar-refractivity contribution in [1.29, 1.82) is 0 Å². The Hall–Kier alpha value is -2.79. The molecule has 1 saturated heterocycles. The Kier molecular flexibility index (Phi) is 8.87.